The smallest absolute Gasteiger partial charge is 0.407 e. The Morgan fingerprint density at radius 2 is 1.54 bits per heavy atom. The number of para-hydroxylation sites is 1. The van der Waals surface area contributed by atoms with Crippen LogP contribution < -0.4 is 10.6 Å². The number of amides is 1. The van der Waals surface area contributed by atoms with Crippen LogP contribution in [0, 0.1) is 0 Å². The van der Waals surface area contributed by atoms with Gasteiger partial charge in [-0.25, -0.2) is 4.79 Å². The van der Waals surface area contributed by atoms with E-state index >= 15 is 0 Å². The first-order valence-electron chi connectivity index (χ1n) is 8.87. The summed E-state index contributed by atoms with van der Waals surface area (Å²) in [6.45, 7) is 17.0. The molecule has 0 spiro atoms. The number of carbonyl (C=O) groups excluding carboxylic acids is 1. The first-order chi connectivity index (χ1) is 11.0. The van der Waals surface area contributed by atoms with E-state index < -0.39 is 5.60 Å². The summed E-state index contributed by atoms with van der Waals surface area (Å²) in [5.74, 6) is 0.889. The van der Waals surface area contributed by atoms with Gasteiger partial charge in [0.05, 0.1) is 0 Å². The van der Waals surface area contributed by atoms with Crippen LogP contribution in [-0.4, -0.2) is 24.3 Å². The fourth-order valence-corrected chi connectivity index (χ4v) is 2.57. The maximum atomic E-state index is 11.9. The summed E-state index contributed by atoms with van der Waals surface area (Å²) < 4.78 is 5.31. The number of rotatable bonds is 6. The van der Waals surface area contributed by atoms with Crippen molar-refractivity contribution in [2.45, 2.75) is 78.9 Å². The van der Waals surface area contributed by atoms with Crippen molar-refractivity contribution in [3.8, 4) is 0 Å². The molecule has 1 aromatic carbocycles. The molecule has 4 nitrogen and oxygen atoms in total. The molecule has 4 heteroatoms. The van der Waals surface area contributed by atoms with Gasteiger partial charge in [-0.2, -0.15) is 0 Å². The molecule has 0 radical (unpaired) electrons. The van der Waals surface area contributed by atoms with E-state index in [-0.39, 0.29) is 12.1 Å². The third-order valence-corrected chi connectivity index (χ3v) is 3.72. The number of hydrogen-bond acceptors (Lipinski definition) is 3. The predicted octanol–water partition coefficient (Wildman–Crippen LogP) is 5.26. The number of alkyl carbamates (subject to hydrolysis) is 1. The van der Waals surface area contributed by atoms with Crippen LogP contribution >= 0.6 is 0 Å². The second-order valence-electron chi connectivity index (χ2n) is 8.05. The van der Waals surface area contributed by atoms with Gasteiger partial charge in [0.25, 0.3) is 0 Å². The van der Waals surface area contributed by atoms with E-state index in [4.69, 9.17) is 4.74 Å². The number of ether oxygens (including phenoxy) is 1. The Morgan fingerprint density at radius 1 is 1.04 bits per heavy atom. The molecule has 0 aliphatic heterocycles. The Hall–Kier alpha value is -1.71. The Labute approximate surface area is 147 Å². The van der Waals surface area contributed by atoms with E-state index in [1.165, 1.54) is 16.8 Å². The van der Waals surface area contributed by atoms with Crippen LogP contribution in [0.1, 0.15) is 78.4 Å². The predicted molar refractivity (Wildman–Crippen MR) is 102 cm³/mol. The molecule has 0 aromatic heterocycles. The number of nitrogens with one attached hydrogen (secondary N) is 2. The fraction of sp³-hybridized carbons (Fsp3) is 0.650. The lowest BCUT2D eigenvalue weighted by atomic mass is 9.92. The summed E-state index contributed by atoms with van der Waals surface area (Å²) in [5.41, 5.74) is 3.34. The average molecular weight is 335 g/mol. The zero-order valence-electron chi connectivity index (χ0n) is 16.5. The maximum absolute atomic E-state index is 11.9. The monoisotopic (exact) mass is 334 g/mol. The highest BCUT2D eigenvalue weighted by Gasteiger charge is 2.18. The van der Waals surface area contributed by atoms with Crippen molar-refractivity contribution in [2.24, 2.45) is 0 Å². The summed E-state index contributed by atoms with van der Waals surface area (Å²) in [4.78, 5) is 11.9. The van der Waals surface area contributed by atoms with E-state index in [1.54, 1.807) is 0 Å². The van der Waals surface area contributed by atoms with Crippen LogP contribution in [0.4, 0.5) is 10.5 Å². The van der Waals surface area contributed by atoms with Crippen LogP contribution in [0.15, 0.2) is 18.2 Å². The SMILES string of the molecule is CC(CNc1c(C(C)C)cccc1C(C)C)NC(=O)OC(C)(C)C. The zero-order valence-corrected chi connectivity index (χ0v) is 16.5. The second kappa shape index (κ2) is 8.41. The number of carbonyl (C=O) groups is 1. The van der Waals surface area contributed by atoms with E-state index in [0.29, 0.717) is 18.4 Å². The minimum Gasteiger partial charge on any atom is -0.444 e. The van der Waals surface area contributed by atoms with Gasteiger partial charge in [-0.3, -0.25) is 0 Å². The van der Waals surface area contributed by atoms with E-state index in [0.717, 1.165) is 0 Å². The van der Waals surface area contributed by atoms with Gasteiger partial charge in [-0.15, -0.1) is 0 Å². The van der Waals surface area contributed by atoms with E-state index in [1.807, 2.05) is 27.7 Å². The van der Waals surface area contributed by atoms with Gasteiger partial charge < -0.3 is 15.4 Å². The van der Waals surface area contributed by atoms with Crippen molar-refractivity contribution in [1.29, 1.82) is 0 Å². The lowest BCUT2D eigenvalue weighted by Crippen LogP contribution is -2.41. The van der Waals surface area contributed by atoms with Crippen LogP contribution in [0.3, 0.4) is 0 Å². The maximum Gasteiger partial charge on any atom is 0.407 e. The van der Waals surface area contributed by atoms with Crippen molar-refractivity contribution in [2.75, 3.05) is 11.9 Å². The molecule has 1 atom stereocenters. The Morgan fingerprint density at radius 3 is 1.96 bits per heavy atom. The van der Waals surface area contributed by atoms with Gasteiger partial charge in [-0.05, 0) is 50.7 Å². The second-order valence-corrected chi connectivity index (χ2v) is 8.05. The van der Waals surface area contributed by atoms with Gasteiger partial charge in [0, 0.05) is 18.3 Å². The van der Waals surface area contributed by atoms with Crippen molar-refractivity contribution in [3.63, 3.8) is 0 Å². The van der Waals surface area contributed by atoms with Crippen molar-refractivity contribution < 1.29 is 9.53 Å². The summed E-state index contributed by atoms with van der Waals surface area (Å²) in [6.07, 6.45) is -0.377. The van der Waals surface area contributed by atoms with Gasteiger partial charge in [0.2, 0.25) is 0 Å². The molecule has 1 rings (SSSR count). The minimum absolute atomic E-state index is 0.0277. The van der Waals surface area contributed by atoms with Gasteiger partial charge in [-0.1, -0.05) is 45.9 Å². The first kappa shape index (κ1) is 20.3. The van der Waals surface area contributed by atoms with Crippen molar-refractivity contribution in [1.82, 2.24) is 5.32 Å². The van der Waals surface area contributed by atoms with Gasteiger partial charge in [0.1, 0.15) is 5.60 Å². The molecular formula is C20H34N2O2. The molecule has 0 aliphatic rings. The molecule has 0 aliphatic carbocycles. The topological polar surface area (TPSA) is 50.4 Å². The van der Waals surface area contributed by atoms with E-state index in [2.05, 4.69) is 56.5 Å². The molecule has 0 saturated carbocycles. The Bertz CT molecular complexity index is 519. The minimum atomic E-state index is -0.480. The van der Waals surface area contributed by atoms with Crippen molar-refractivity contribution >= 4 is 11.8 Å². The third kappa shape index (κ3) is 6.42. The highest BCUT2D eigenvalue weighted by Crippen LogP contribution is 2.32. The molecule has 1 aromatic rings. The molecule has 136 valence electrons. The molecule has 0 fully saturated rings. The largest absolute Gasteiger partial charge is 0.444 e. The van der Waals surface area contributed by atoms with Gasteiger partial charge in [0.15, 0.2) is 0 Å². The van der Waals surface area contributed by atoms with Crippen LogP contribution in [-0.2, 0) is 4.74 Å². The highest BCUT2D eigenvalue weighted by molar-refractivity contribution is 5.68. The average Bonchev–Trinajstić information content (AvgIpc) is 2.42. The van der Waals surface area contributed by atoms with Crippen LogP contribution in [0.25, 0.3) is 0 Å². The fourth-order valence-electron chi connectivity index (χ4n) is 2.57. The Kier molecular flexibility index (Phi) is 7.12. The molecule has 2 N–H and O–H groups in total. The molecule has 0 saturated heterocycles. The molecule has 1 amide bonds. The number of anilines is 1. The van der Waals surface area contributed by atoms with Crippen LogP contribution in [0.2, 0.25) is 0 Å². The highest BCUT2D eigenvalue weighted by atomic mass is 16.6. The molecule has 0 heterocycles. The standard InChI is InChI=1S/C20H34N2O2/c1-13(2)16-10-9-11-17(14(3)4)18(16)21-12-15(5)22-19(23)24-20(6,7)8/h9-11,13-15,21H,12H2,1-8H3,(H,22,23). The van der Waals surface area contributed by atoms with Crippen molar-refractivity contribution in [3.05, 3.63) is 29.3 Å². The Balaban J connectivity index is 2.77. The molecule has 0 bridgehead atoms. The van der Waals surface area contributed by atoms with Gasteiger partial charge >= 0.3 is 6.09 Å². The summed E-state index contributed by atoms with van der Waals surface area (Å²) in [5, 5.41) is 6.42. The summed E-state index contributed by atoms with van der Waals surface area (Å²) in [6, 6.07) is 6.44. The molecule has 24 heavy (non-hydrogen) atoms. The number of hydrogen-bond donors (Lipinski definition) is 2. The lowest BCUT2D eigenvalue weighted by molar-refractivity contribution is 0.0511. The molecule has 1 unspecified atom stereocenters. The number of benzene rings is 1. The summed E-state index contributed by atoms with van der Waals surface area (Å²) in [7, 11) is 0. The first-order valence-corrected chi connectivity index (χ1v) is 8.87. The molecular weight excluding hydrogens is 300 g/mol. The van der Waals surface area contributed by atoms with E-state index in [9.17, 15) is 4.79 Å². The third-order valence-electron chi connectivity index (χ3n) is 3.72. The summed E-state index contributed by atoms with van der Waals surface area (Å²) >= 11 is 0. The normalized spacial score (nSPS) is 13.1. The zero-order chi connectivity index (χ0) is 18.5. The van der Waals surface area contributed by atoms with Crippen LogP contribution in [0.5, 0.6) is 0 Å². The lowest BCUT2D eigenvalue weighted by Gasteiger charge is -2.24. The quantitative estimate of drug-likeness (QED) is 0.746.